The summed E-state index contributed by atoms with van der Waals surface area (Å²) >= 11 is 0. The third-order valence-electron chi connectivity index (χ3n) is 12.4. The lowest BCUT2D eigenvalue weighted by molar-refractivity contribution is 0.721. The summed E-state index contributed by atoms with van der Waals surface area (Å²) in [4.78, 5) is 8.05. The molecule has 2 heteroatoms. The van der Waals surface area contributed by atoms with Gasteiger partial charge in [-0.25, -0.2) is 4.98 Å². The maximum absolute atomic E-state index is 5.68. The predicted molar refractivity (Wildman–Crippen MR) is 232 cm³/mol. The molecule has 1 fully saturated rings. The van der Waals surface area contributed by atoms with Crippen molar-refractivity contribution in [2.24, 2.45) is 0 Å². The Hall–Kier alpha value is -6.51. The largest absolute Gasteiger partial charge is 0.311 e. The number of rotatable bonds is 6. The summed E-state index contributed by atoms with van der Waals surface area (Å²) in [5, 5.41) is 6.59. The number of benzene rings is 8. The summed E-state index contributed by atoms with van der Waals surface area (Å²) in [6, 6.07) is 64.3. The number of nitrogens with zero attached hydrogens (tertiary/aromatic N) is 2. The van der Waals surface area contributed by atoms with Gasteiger partial charge in [-0.3, -0.25) is 0 Å². The summed E-state index contributed by atoms with van der Waals surface area (Å²) in [6.45, 7) is 2.18. The van der Waals surface area contributed by atoms with Gasteiger partial charge in [-0.05, 0) is 130 Å². The zero-order chi connectivity index (χ0) is 36.5. The second-order valence-electron chi connectivity index (χ2n) is 15.5. The van der Waals surface area contributed by atoms with Gasteiger partial charge in [0.05, 0.1) is 11.2 Å². The molecule has 55 heavy (non-hydrogen) atoms. The standard InChI is InChI=1S/C53H40N2/c1-34-11-5-6-14-44(34)37-23-29-42(30-24-37)55(41-27-21-36(22-28-41)35-12-3-2-4-13-35)43-31-25-38(26-32-43)52-50-40-20-19-39(33-40)49(50)51-47-17-9-7-15-45(47)46-16-8-10-18-48(46)53(51)54-52/h2-18,21-32,39-40H,19-20,33H2,1H3. The molecule has 2 atom stereocenters. The average Bonchev–Trinajstić information content (AvgIpc) is 3.89. The van der Waals surface area contributed by atoms with Crippen molar-refractivity contribution in [1.29, 1.82) is 0 Å². The fraction of sp³-hybridized carbons (Fsp3) is 0.113. The molecule has 0 N–H and O–H groups in total. The van der Waals surface area contributed by atoms with E-state index in [0.29, 0.717) is 11.8 Å². The van der Waals surface area contributed by atoms with Crippen LogP contribution < -0.4 is 4.90 Å². The molecule has 1 saturated carbocycles. The van der Waals surface area contributed by atoms with Gasteiger partial charge in [-0.2, -0.15) is 0 Å². The number of hydrogen-bond donors (Lipinski definition) is 0. The molecule has 2 nitrogen and oxygen atoms in total. The first kappa shape index (κ1) is 32.0. The highest BCUT2D eigenvalue weighted by Crippen LogP contribution is 2.58. The van der Waals surface area contributed by atoms with Crippen LogP contribution in [0.25, 0.3) is 66.0 Å². The highest BCUT2D eigenvalue weighted by Gasteiger charge is 2.41. The number of anilines is 3. The zero-order valence-corrected chi connectivity index (χ0v) is 30.9. The Balaban J connectivity index is 1.05. The van der Waals surface area contributed by atoms with Crippen LogP contribution in [0.4, 0.5) is 17.1 Å². The van der Waals surface area contributed by atoms with E-state index in [-0.39, 0.29) is 0 Å². The molecule has 1 aromatic heterocycles. The SMILES string of the molecule is Cc1ccccc1-c1ccc(N(c2ccc(-c3ccccc3)cc2)c2ccc(-c3nc4c5ccccc5c5ccccc5c4c4c3C3CCC4C3)cc2)cc1. The van der Waals surface area contributed by atoms with Gasteiger partial charge in [0.1, 0.15) is 0 Å². The minimum absolute atomic E-state index is 0.572. The van der Waals surface area contributed by atoms with Gasteiger partial charge < -0.3 is 4.90 Å². The molecule has 1 heterocycles. The Kier molecular flexibility index (Phi) is 7.45. The van der Waals surface area contributed by atoms with Crippen molar-refractivity contribution in [2.75, 3.05) is 4.90 Å². The van der Waals surface area contributed by atoms with E-state index in [4.69, 9.17) is 4.98 Å². The molecule has 0 radical (unpaired) electrons. The van der Waals surface area contributed by atoms with Crippen molar-refractivity contribution in [1.82, 2.24) is 4.98 Å². The van der Waals surface area contributed by atoms with E-state index < -0.39 is 0 Å². The van der Waals surface area contributed by atoms with Gasteiger partial charge in [-0.1, -0.05) is 140 Å². The van der Waals surface area contributed by atoms with Crippen molar-refractivity contribution in [3.63, 3.8) is 0 Å². The monoisotopic (exact) mass is 704 g/mol. The molecule has 2 aliphatic rings. The Morgan fingerprint density at radius 3 is 1.58 bits per heavy atom. The van der Waals surface area contributed by atoms with Gasteiger partial charge >= 0.3 is 0 Å². The highest BCUT2D eigenvalue weighted by atomic mass is 15.1. The number of hydrogen-bond acceptors (Lipinski definition) is 2. The molecule has 11 rings (SSSR count). The summed E-state index contributed by atoms with van der Waals surface area (Å²) in [5.74, 6) is 1.17. The number of aryl methyl sites for hydroxylation is 1. The van der Waals surface area contributed by atoms with E-state index in [1.165, 1.54) is 90.8 Å². The van der Waals surface area contributed by atoms with Crippen LogP contribution in [-0.4, -0.2) is 4.98 Å². The molecule has 0 spiro atoms. The van der Waals surface area contributed by atoms with E-state index in [0.717, 1.165) is 22.6 Å². The maximum Gasteiger partial charge on any atom is 0.0797 e. The Bertz CT molecular complexity index is 2890. The van der Waals surface area contributed by atoms with Gasteiger partial charge in [0.25, 0.3) is 0 Å². The molecular formula is C53H40N2. The molecule has 0 amide bonds. The fourth-order valence-corrected chi connectivity index (χ4v) is 9.84. The smallest absolute Gasteiger partial charge is 0.0797 e. The second-order valence-corrected chi connectivity index (χ2v) is 15.5. The van der Waals surface area contributed by atoms with E-state index in [2.05, 4.69) is 188 Å². The minimum Gasteiger partial charge on any atom is -0.311 e. The highest BCUT2D eigenvalue weighted by molar-refractivity contribution is 6.25. The third kappa shape index (κ3) is 5.20. The van der Waals surface area contributed by atoms with Gasteiger partial charge in [-0.15, -0.1) is 0 Å². The van der Waals surface area contributed by atoms with Crippen LogP contribution in [0.5, 0.6) is 0 Å². The van der Waals surface area contributed by atoms with Crippen LogP contribution in [-0.2, 0) is 0 Å². The summed E-state index contributed by atoms with van der Waals surface area (Å²) in [7, 11) is 0. The molecule has 2 unspecified atom stereocenters. The van der Waals surface area contributed by atoms with Gasteiger partial charge in [0.15, 0.2) is 0 Å². The van der Waals surface area contributed by atoms with Crippen molar-refractivity contribution in [2.45, 2.75) is 38.0 Å². The molecule has 0 aliphatic heterocycles. The normalized spacial score (nSPS) is 15.9. The summed E-state index contributed by atoms with van der Waals surface area (Å²) in [6.07, 6.45) is 3.78. The number of fused-ring (bicyclic) bond motifs is 12. The third-order valence-corrected chi connectivity index (χ3v) is 12.4. The molecule has 2 bridgehead atoms. The van der Waals surface area contributed by atoms with Crippen LogP contribution >= 0.6 is 0 Å². The fourth-order valence-electron chi connectivity index (χ4n) is 9.84. The molecule has 0 saturated heterocycles. The first-order valence-electron chi connectivity index (χ1n) is 19.7. The second kappa shape index (κ2) is 12.8. The Labute approximate surface area is 322 Å². The molecule has 262 valence electrons. The van der Waals surface area contributed by atoms with E-state index in [1.54, 1.807) is 5.56 Å². The minimum atomic E-state index is 0.572. The van der Waals surface area contributed by atoms with Crippen LogP contribution in [0.2, 0.25) is 0 Å². The lowest BCUT2D eigenvalue weighted by atomic mass is 9.83. The maximum atomic E-state index is 5.68. The average molecular weight is 705 g/mol. The zero-order valence-electron chi connectivity index (χ0n) is 30.9. The Morgan fingerprint density at radius 1 is 0.436 bits per heavy atom. The first-order valence-corrected chi connectivity index (χ1v) is 19.7. The van der Waals surface area contributed by atoms with E-state index in [9.17, 15) is 0 Å². The van der Waals surface area contributed by atoms with E-state index >= 15 is 0 Å². The number of pyridine rings is 1. The lowest BCUT2D eigenvalue weighted by Gasteiger charge is -2.27. The van der Waals surface area contributed by atoms with Crippen molar-refractivity contribution >= 4 is 49.5 Å². The van der Waals surface area contributed by atoms with Crippen LogP contribution in [0.15, 0.2) is 176 Å². The molecule has 8 aromatic carbocycles. The summed E-state index contributed by atoms with van der Waals surface area (Å²) < 4.78 is 0. The molecule has 2 aliphatic carbocycles. The van der Waals surface area contributed by atoms with Crippen molar-refractivity contribution in [3.05, 3.63) is 193 Å². The van der Waals surface area contributed by atoms with E-state index in [1.807, 2.05) is 0 Å². The van der Waals surface area contributed by atoms with Gasteiger partial charge in [0, 0.05) is 33.4 Å². The lowest BCUT2D eigenvalue weighted by Crippen LogP contribution is -2.10. The molecule has 9 aromatic rings. The van der Waals surface area contributed by atoms with Crippen molar-refractivity contribution in [3.8, 4) is 33.5 Å². The van der Waals surface area contributed by atoms with Crippen molar-refractivity contribution < 1.29 is 0 Å². The van der Waals surface area contributed by atoms with Gasteiger partial charge in [0.2, 0.25) is 0 Å². The predicted octanol–water partition coefficient (Wildman–Crippen LogP) is 14.7. The Morgan fingerprint density at radius 2 is 0.927 bits per heavy atom. The first-order chi connectivity index (χ1) is 27.2. The molecular weight excluding hydrogens is 665 g/mol. The van der Waals surface area contributed by atoms with Crippen LogP contribution in [0, 0.1) is 6.92 Å². The quantitative estimate of drug-likeness (QED) is 0.160. The van der Waals surface area contributed by atoms with Crippen LogP contribution in [0.3, 0.4) is 0 Å². The summed E-state index contributed by atoms with van der Waals surface area (Å²) in [5.41, 5.74) is 16.1. The number of aromatic nitrogens is 1. The van der Waals surface area contributed by atoms with Crippen LogP contribution in [0.1, 0.15) is 47.8 Å². The topological polar surface area (TPSA) is 16.1 Å².